The van der Waals surface area contributed by atoms with E-state index in [1.165, 1.54) is 24.0 Å². The molecule has 0 saturated carbocycles. The summed E-state index contributed by atoms with van der Waals surface area (Å²) in [4.78, 5) is 0. The normalized spacial score (nSPS) is 12.1. The SMILES string of the molecule is C#CCCCCNC(C)CCc1cccc(C)c1. The van der Waals surface area contributed by atoms with Gasteiger partial charge < -0.3 is 5.32 Å². The molecule has 0 fully saturated rings. The van der Waals surface area contributed by atoms with Crippen molar-refractivity contribution in [3.63, 3.8) is 0 Å². The topological polar surface area (TPSA) is 12.0 Å². The standard InChI is InChI=1S/C17H25N/c1-4-5-6-7-13-18-16(3)11-12-17-10-8-9-15(2)14-17/h1,8-10,14,16,18H,5-7,11-13H2,2-3H3. The maximum Gasteiger partial charge on any atom is 0.00865 e. The Morgan fingerprint density at radius 3 is 2.89 bits per heavy atom. The molecule has 0 radical (unpaired) electrons. The molecule has 0 saturated heterocycles. The largest absolute Gasteiger partial charge is 0.314 e. The number of aryl methyl sites for hydroxylation is 2. The molecule has 1 aromatic carbocycles. The van der Waals surface area contributed by atoms with Gasteiger partial charge in [0.25, 0.3) is 0 Å². The minimum absolute atomic E-state index is 0.580. The van der Waals surface area contributed by atoms with Crippen LogP contribution in [0.25, 0.3) is 0 Å². The Kier molecular flexibility index (Phi) is 7.22. The van der Waals surface area contributed by atoms with Crippen LogP contribution in [0.4, 0.5) is 0 Å². The summed E-state index contributed by atoms with van der Waals surface area (Å²) >= 11 is 0. The van der Waals surface area contributed by atoms with E-state index in [9.17, 15) is 0 Å². The van der Waals surface area contributed by atoms with E-state index >= 15 is 0 Å². The first-order valence-electron chi connectivity index (χ1n) is 6.94. The Balaban J connectivity index is 2.13. The molecule has 1 aromatic rings. The summed E-state index contributed by atoms with van der Waals surface area (Å²) in [5, 5.41) is 3.56. The number of nitrogens with one attached hydrogen (secondary N) is 1. The van der Waals surface area contributed by atoms with Gasteiger partial charge in [0.15, 0.2) is 0 Å². The molecule has 0 amide bonds. The quantitative estimate of drug-likeness (QED) is 0.542. The lowest BCUT2D eigenvalue weighted by Crippen LogP contribution is -2.27. The van der Waals surface area contributed by atoms with E-state index in [1.54, 1.807) is 0 Å². The second-order valence-electron chi connectivity index (χ2n) is 5.04. The Morgan fingerprint density at radius 1 is 1.33 bits per heavy atom. The molecule has 0 aromatic heterocycles. The fraction of sp³-hybridized carbons (Fsp3) is 0.529. The lowest BCUT2D eigenvalue weighted by Gasteiger charge is -2.13. The highest BCUT2D eigenvalue weighted by molar-refractivity contribution is 5.22. The Labute approximate surface area is 112 Å². The van der Waals surface area contributed by atoms with Gasteiger partial charge in [0.2, 0.25) is 0 Å². The van der Waals surface area contributed by atoms with Crippen LogP contribution in [0.3, 0.4) is 0 Å². The summed E-state index contributed by atoms with van der Waals surface area (Å²) in [5.41, 5.74) is 2.79. The van der Waals surface area contributed by atoms with E-state index in [-0.39, 0.29) is 0 Å². The average molecular weight is 243 g/mol. The zero-order valence-corrected chi connectivity index (χ0v) is 11.7. The summed E-state index contributed by atoms with van der Waals surface area (Å²) in [6.07, 6.45) is 10.8. The van der Waals surface area contributed by atoms with Crippen LogP contribution in [0.5, 0.6) is 0 Å². The second-order valence-corrected chi connectivity index (χ2v) is 5.04. The molecule has 1 nitrogen and oxygen atoms in total. The third-order valence-corrected chi connectivity index (χ3v) is 3.19. The summed E-state index contributed by atoms with van der Waals surface area (Å²) in [7, 11) is 0. The van der Waals surface area contributed by atoms with Gasteiger partial charge in [0, 0.05) is 12.5 Å². The first-order valence-corrected chi connectivity index (χ1v) is 6.94. The maximum atomic E-state index is 5.22. The first-order chi connectivity index (χ1) is 8.72. The number of hydrogen-bond donors (Lipinski definition) is 1. The van der Waals surface area contributed by atoms with Crippen molar-refractivity contribution in [3.8, 4) is 12.3 Å². The third-order valence-electron chi connectivity index (χ3n) is 3.19. The van der Waals surface area contributed by atoms with E-state index in [2.05, 4.69) is 49.4 Å². The smallest absolute Gasteiger partial charge is 0.00865 e. The van der Waals surface area contributed by atoms with Gasteiger partial charge in [0.1, 0.15) is 0 Å². The van der Waals surface area contributed by atoms with Crippen LogP contribution in [0, 0.1) is 19.3 Å². The molecule has 1 unspecified atom stereocenters. The number of hydrogen-bond acceptors (Lipinski definition) is 1. The monoisotopic (exact) mass is 243 g/mol. The van der Waals surface area contributed by atoms with Crippen LogP contribution < -0.4 is 5.32 Å². The summed E-state index contributed by atoms with van der Waals surface area (Å²) in [6.45, 7) is 5.49. The van der Waals surface area contributed by atoms with Gasteiger partial charge in [-0.2, -0.15) is 0 Å². The number of benzene rings is 1. The molecule has 18 heavy (non-hydrogen) atoms. The zero-order chi connectivity index (χ0) is 13.2. The molecule has 1 atom stereocenters. The third kappa shape index (κ3) is 6.47. The number of rotatable bonds is 8. The van der Waals surface area contributed by atoms with E-state index in [4.69, 9.17) is 6.42 Å². The van der Waals surface area contributed by atoms with Crippen molar-refractivity contribution in [3.05, 3.63) is 35.4 Å². The fourth-order valence-corrected chi connectivity index (χ4v) is 2.05. The highest BCUT2D eigenvalue weighted by Gasteiger charge is 2.01. The highest BCUT2D eigenvalue weighted by atomic mass is 14.9. The zero-order valence-electron chi connectivity index (χ0n) is 11.7. The summed E-state index contributed by atoms with van der Waals surface area (Å²) in [5.74, 6) is 2.68. The predicted molar refractivity (Wildman–Crippen MR) is 79.6 cm³/mol. The van der Waals surface area contributed by atoms with E-state index in [0.717, 1.165) is 25.8 Å². The van der Waals surface area contributed by atoms with E-state index < -0.39 is 0 Å². The molecule has 0 heterocycles. The average Bonchev–Trinajstić information content (AvgIpc) is 2.36. The van der Waals surface area contributed by atoms with Gasteiger partial charge in [-0.05, 0) is 51.6 Å². The van der Waals surface area contributed by atoms with Crippen molar-refractivity contribution >= 4 is 0 Å². The van der Waals surface area contributed by atoms with Crippen LogP contribution in [0.1, 0.15) is 43.7 Å². The molecule has 1 rings (SSSR count). The Bertz CT molecular complexity index is 375. The first kappa shape index (κ1) is 14.8. The van der Waals surface area contributed by atoms with Crippen LogP contribution >= 0.6 is 0 Å². The minimum atomic E-state index is 0.580. The fourth-order valence-electron chi connectivity index (χ4n) is 2.05. The van der Waals surface area contributed by atoms with Gasteiger partial charge >= 0.3 is 0 Å². The highest BCUT2D eigenvalue weighted by Crippen LogP contribution is 2.08. The van der Waals surface area contributed by atoms with Gasteiger partial charge in [-0.1, -0.05) is 29.8 Å². The molecular formula is C17H25N. The molecule has 0 bridgehead atoms. The number of unbranched alkanes of at least 4 members (excludes halogenated alkanes) is 2. The van der Waals surface area contributed by atoms with Crippen molar-refractivity contribution in [2.45, 2.75) is 52.0 Å². The molecule has 0 spiro atoms. The molecule has 98 valence electrons. The van der Waals surface area contributed by atoms with E-state index in [1.807, 2.05) is 0 Å². The molecule has 1 N–H and O–H groups in total. The van der Waals surface area contributed by atoms with Crippen LogP contribution in [-0.4, -0.2) is 12.6 Å². The molecule has 0 aliphatic rings. The lowest BCUT2D eigenvalue weighted by atomic mass is 10.0. The van der Waals surface area contributed by atoms with Gasteiger partial charge in [-0.15, -0.1) is 12.3 Å². The molecule has 1 heteroatoms. The van der Waals surface area contributed by atoms with Crippen molar-refractivity contribution in [2.75, 3.05) is 6.54 Å². The Hall–Kier alpha value is -1.26. The van der Waals surface area contributed by atoms with Crippen molar-refractivity contribution < 1.29 is 0 Å². The van der Waals surface area contributed by atoms with Crippen molar-refractivity contribution in [1.29, 1.82) is 0 Å². The molecule has 0 aliphatic carbocycles. The molecule has 0 aliphatic heterocycles. The minimum Gasteiger partial charge on any atom is -0.314 e. The predicted octanol–water partition coefficient (Wildman–Crippen LogP) is 3.71. The second kappa shape index (κ2) is 8.78. The Morgan fingerprint density at radius 2 is 2.17 bits per heavy atom. The number of terminal acetylenes is 1. The van der Waals surface area contributed by atoms with Crippen molar-refractivity contribution in [1.82, 2.24) is 5.32 Å². The van der Waals surface area contributed by atoms with Crippen LogP contribution in [0.15, 0.2) is 24.3 Å². The summed E-state index contributed by atoms with van der Waals surface area (Å²) in [6, 6.07) is 9.36. The van der Waals surface area contributed by atoms with Crippen molar-refractivity contribution in [2.24, 2.45) is 0 Å². The van der Waals surface area contributed by atoms with Crippen LogP contribution in [0.2, 0.25) is 0 Å². The van der Waals surface area contributed by atoms with E-state index in [0.29, 0.717) is 6.04 Å². The van der Waals surface area contributed by atoms with Gasteiger partial charge in [-0.3, -0.25) is 0 Å². The van der Waals surface area contributed by atoms with Gasteiger partial charge in [0.05, 0.1) is 0 Å². The van der Waals surface area contributed by atoms with Gasteiger partial charge in [-0.25, -0.2) is 0 Å². The lowest BCUT2D eigenvalue weighted by molar-refractivity contribution is 0.501. The summed E-state index contributed by atoms with van der Waals surface area (Å²) < 4.78 is 0. The van der Waals surface area contributed by atoms with Crippen LogP contribution in [-0.2, 0) is 6.42 Å². The maximum absolute atomic E-state index is 5.22. The molecular weight excluding hydrogens is 218 g/mol.